The van der Waals surface area contributed by atoms with Crippen LogP contribution >= 0.6 is 0 Å². The number of hydrogen-bond donors (Lipinski definition) is 2. The first-order valence-electron chi connectivity index (χ1n) is 11.2. The average Bonchev–Trinajstić information content (AvgIpc) is 3.40. The fourth-order valence-corrected chi connectivity index (χ4v) is 4.14. The van der Waals surface area contributed by atoms with Crippen LogP contribution in [-0.4, -0.2) is 63.4 Å². The molecule has 1 aromatic rings. The Morgan fingerprint density at radius 3 is 2.97 bits per heavy atom. The molecule has 6 nitrogen and oxygen atoms in total. The maximum atomic E-state index is 6.11. The third-order valence-corrected chi connectivity index (χ3v) is 5.81. The Hall–Kier alpha value is -1.79. The van der Waals surface area contributed by atoms with Crippen molar-refractivity contribution in [3.63, 3.8) is 0 Å². The van der Waals surface area contributed by atoms with Crippen LogP contribution < -0.4 is 15.4 Å². The van der Waals surface area contributed by atoms with Gasteiger partial charge in [-0.2, -0.15) is 0 Å². The van der Waals surface area contributed by atoms with Gasteiger partial charge in [0.1, 0.15) is 12.4 Å². The van der Waals surface area contributed by atoms with Crippen LogP contribution in [0.25, 0.3) is 0 Å². The van der Waals surface area contributed by atoms with Crippen molar-refractivity contribution in [1.29, 1.82) is 0 Å². The number of rotatable bonds is 9. The fraction of sp³-hybridized carbons (Fsp3) is 0.696. The Morgan fingerprint density at radius 2 is 2.21 bits per heavy atom. The van der Waals surface area contributed by atoms with Gasteiger partial charge in [-0.3, -0.25) is 4.99 Å². The second kappa shape index (κ2) is 11.4. The van der Waals surface area contributed by atoms with Gasteiger partial charge in [-0.15, -0.1) is 0 Å². The van der Waals surface area contributed by atoms with Crippen molar-refractivity contribution in [2.75, 3.05) is 46.4 Å². The molecular formula is C23H38N4O2. The van der Waals surface area contributed by atoms with Gasteiger partial charge in [0.25, 0.3) is 0 Å². The van der Waals surface area contributed by atoms with Crippen LogP contribution in [0.2, 0.25) is 0 Å². The molecule has 0 spiro atoms. The molecule has 2 atom stereocenters. The number of aryl methyl sites for hydroxylation is 1. The van der Waals surface area contributed by atoms with E-state index < -0.39 is 0 Å². The van der Waals surface area contributed by atoms with Crippen molar-refractivity contribution < 1.29 is 9.47 Å². The van der Waals surface area contributed by atoms with Gasteiger partial charge in [-0.05, 0) is 63.2 Å². The first-order valence-corrected chi connectivity index (χ1v) is 11.2. The van der Waals surface area contributed by atoms with Gasteiger partial charge in [-0.1, -0.05) is 19.1 Å². The summed E-state index contributed by atoms with van der Waals surface area (Å²) in [5.74, 6) is 2.49. The van der Waals surface area contributed by atoms with E-state index in [1.807, 2.05) is 7.05 Å². The number of guanidine groups is 1. The summed E-state index contributed by atoms with van der Waals surface area (Å²) < 4.78 is 11.8. The molecule has 1 aromatic carbocycles. The molecule has 2 unspecified atom stereocenters. The number of benzene rings is 1. The first-order chi connectivity index (χ1) is 14.2. The minimum atomic E-state index is 0.226. The van der Waals surface area contributed by atoms with E-state index in [-0.39, 0.29) is 6.10 Å². The summed E-state index contributed by atoms with van der Waals surface area (Å²) in [6.45, 7) is 11.1. The SMILES string of the molecule is CCCN1CCC(CNC(=NC)NCc2ccc(C)cc2OCC2CCCO2)C1. The van der Waals surface area contributed by atoms with E-state index in [4.69, 9.17) is 9.47 Å². The molecule has 2 N–H and O–H groups in total. The van der Waals surface area contributed by atoms with Crippen molar-refractivity contribution in [3.8, 4) is 5.75 Å². The standard InChI is InChI=1S/C23H38N4O2/c1-4-10-27-11-9-19(16-27)14-25-23(24-3)26-15-20-8-7-18(2)13-22(20)29-17-21-6-5-12-28-21/h7-8,13,19,21H,4-6,9-12,14-17H2,1-3H3,(H2,24,25,26). The Bertz CT molecular complexity index is 658. The van der Waals surface area contributed by atoms with Crippen LogP contribution in [0.3, 0.4) is 0 Å². The number of ether oxygens (including phenoxy) is 2. The molecule has 0 aromatic heterocycles. The largest absolute Gasteiger partial charge is 0.491 e. The van der Waals surface area contributed by atoms with Crippen molar-refractivity contribution in [1.82, 2.24) is 15.5 Å². The number of aliphatic imine (C=N–C) groups is 1. The van der Waals surface area contributed by atoms with Gasteiger partial charge in [0, 0.05) is 38.9 Å². The van der Waals surface area contributed by atoms with E-state index >= 15 is 0 Å². The van der Waals surface area contributed by atoms with Crippen molar-refractivity contribution in [2.24, 2.45) is 10.9 Å². The van der Waals surface area contributed by atoms with Crippen LogP contribution in [0.4, 0.5) is 0 Å². The average molecular weight is 403 g/mol. The van der Waals surface area contributed by atoms with Gasteiger partial charge < -0.3 is 25.0 Å². The van der Waals surface area contributed by atoms with E-state index in [1.54, 1.807) is 0 Å². The molecule has 0 saturated carbocycles. The molecule has 0 amide bonds. The lowest BCUT2D eigenvalue weighted by Gasteiger charge is -2.18. The lowest BCUT2D eigenvalue weighted by atomic mass is 10.1. The minimum absolute atomic E-state index is 0.226. The molecule has 0 aliphatic carbocycles. The van der Waals surface area contributed by atoms with E-state index in [0.717, 1.165) is 43.3 Å². The smallest absolute Gasteiger partial charge is 0.191 e. The van der Waals surface area contributed by atoms with Gasteiger partial charge >= 0.3 is 0 Å². The molecule has 6 heteroatoms. The molecule has 2 fully saturated rings. The summed E-state index contributed by atoms with van der Waals surface area (Å²) in [5, 5.41) is 6.95. The van der Waals surface area contributed by atoms with Crippen LogP contribution in [0.5, 0.6) is 5.75 Å². The summed E-state index contributed by atoms with van der Waals surface area (Å²) >= 11 is 0. The first kappa shape index (κ1) is 21.9. The van der Waals surface area contributed by atoms with E-state index in [1.165, 1.54) is 38.0 Å². The monoisotopic (exact) mass is 402 g/mol. The van der Waals surface area contributed by atoms with Crippen molar-refractivity contribution >= 4 is 5.96 Å². The summed E-state index contributed by atoms with van der Waals surface area (Å²) in [5.41, 5.74) is 2.35. The molecule has 29 heavy (non-hydrogen) atoms. The summed E-state index contributed by atoms with van der Waals surface area (Å²) in [4.78, 5) is 6.96. The van der Waals surface area contributed by atoms with Gasteiger partial charge in [0.15, 0.2) is 5.96 Å². The lowest BCUT2D eigenvalue weighted by molar-refractivity contribution is 0.0676. The molecule has 2 aliphatic heterocycles. The Balaban J connectivity index is 1.47. The fourth-order valence-electron chi connectivity index (χ4n) is 4.14. The predicted molar refractivity (Wildman–Crippen MR) is 119 cm³/mol. The van der Waals surface area contributed by atoms with Crippen molar-refractivity contribution in [2.45, 2.75) is 52.2 Å². The zero-order chi connectivity index (χ0) is 20.5. The highest BCUT2D eigenvalue weighted by atomic mass is 16.5. The van der Waals surface area contributed by atoms with E-state index in [2.05, 4.69) is 52.6 Å². The highest BCUT2D eigenvalue weighted by Gasteiger charge is 2.21. The van der Waals surface area contributed by atoms with E-state index in [9.17, 15) is 0 Å². The number of hydrogen-bond acceptors (Lipinski definition) is 4. The van der Waals surface area contributed by atoms with Crippen LogP contribution in [0.15, 0.2) is 23.2 Å². The number of likely N-dealkylation sites (tertiary alicyclic amines) is 1. The molecule has 0 bridgehead atoms. The quantitative estimate of drug-likeness (QED) is 0.491. The zero-order valence-electron chi connectivity index (χ0n) is 18.4. The maximum Gasteiger partial charge on any atom is 0.191 e. The Morgan fingerprint density at radius 1 is 1.31 bits per heavy atom. The summed E-state index contributed by atoms with van der Waals surface area (Å²) in [7, 11) is 1.83. The number of nitrogens with one attached hydrogen (secondary N) is 2. The van der Waals surface area contributed by atoms with Crippen molar-refractivity contribution in [3.05, 3.63) is 29.3 Å². The van der Waals surface area contributed by atoms with E-state index in [0.29, 0.717) is 19.1 Å². The number of nitrogens with zero attached hydrogens (tertiary/aromatic N) is 2. The van der Waals surface area contributed by atoms with Gasteiger partial charge in [0.05, 0.1) is 6.10 Å². The molecule has 3 rings (SSSR count). The predicted octanol–water partition coefficient (Wildman–Crippen LogP) is 2.95. The van der Waals surface area contributed by atoms with Crippen LogP contribution in [0.1, 0.15) is 43.7 Å². The Kier molecular flexibility index (Phi) is 8.62. The summed E-state index contributed by atoms with van der Waals surface area (Å²) in [6.07, 6.45) is 4.95. The topological polar surface area (TPSA) is 58.1 Å². The second-order valence-electron chi connectivity index (χ2n) is 8.32. The third kappa shape index (κ3) is 6.89. The van der Waals surface area contributed by atoms with Crippen LogP contribution in [0, 0.1) is 12.8 Å². The molecular weight excluding hydrogens is 364 g/mol. The third-order valence-electron chi connectivity index (χ3n) is 5.81. The minimum Gasteiger partial charge on any atom is -0.491 e. The highest BCUT2D eigenvalue weighted by Crippen LogP contribution is 2.22. The zero-order valence-corrected chi connectivity index (χ0v) is 18.4. The highest BCUT2D eigenvalue weighted by molar-refractivity contribution is 5.79. The second-order valence-corrected chi connectivity index (χ2v) is 8.32. The molecule has 0 radical (unpaired) electrons. The Labute approximate surface area is 176 Å². The normalized spacial score (nSPS) is 22.8. The summed E-state index contributed by atoms with van der Waals surface area (Å²) in [6, 6.07) is 6.38. The molecule has 162 valence electrons. The molecule has 2 aliphatic rings. The molecule has 2 saturated heterocycles. The van der Waals surface area contributed by atoms with Crippen LogP contribution in [-0.2, 0) is 11.3 Å². The molecule has 2 heterocycles. The maximum absolute atomic E-state index is 6.11. The lowest BCUT2D eigenvalue weighted by Crippen LogP contribution is -2.40. The van der Waals surface area contributed by atoms with Gasteiger partial charge in [-0.25, -0.2) is 0 Å². The van der Waals surface area contributed by atoms with Gasteiger partial charge in [0.2, 0.25) is 0 Å².